The largest absolute Gasteiger partial charge is 0.445 e. The summed E-state index contributed by atoms with van der Waals surface area (Å²) < 4.78 is 7.85. The summed E-state index contributed by atoms with van der Waals surface area (Å²) in [7, 11) is 1.64. The van der Waals surface area contributed by atoms with E-state index in [1.807, 2.05) is 0 Å². The van der Waals surface area contributed by atoms with E-state index in [0.717, 1.165) is 0 Å². The van der Waals surface area contributed by atoms with Gasteiger partial charge >= 0.3 is 0 Å². The second-order valence-electron chi connectivity index (χ2n) is 3.60. The molecule has 0 saturated carbocycles. The molecular weight excluding hydrogens is 170 g/mol. The van der Waals surface area contributed by atoms with E-state index in [9.17, 15) is 0 Å². The molecule has 1 fully saturated rings. The predicted octanol–water partition coefficient (Wildman–Crippen LogP) is 1.27. The van der Waals surface area contributed by atoms with Gasteiger partial charge in [0.05, 0.1) is 0 Å². The van der Waals surface area contributed by atoms with Gasteiger partial charge in [0.2, 0.25) is 10.5 Å². The van der Waals surface area contributed by atoms with Crippen LogP contribution in [-0.2, 0) is 4.12 Å². The Morgan fingerprint density at radius 1 is 1.18 bits per heavy atom. The first-order chi connectivity index (χ1) is 5.17. The standard InChI is InChI=1S/C7H16NOSi2/c1-11(2,9-10)8-6-4-3-5-7-8/h3-7H2,1-2H3. The zero-order valence-corrected chi connectivity index (χ0v) is 9.39. The second-order valence-corrected chi connectivity index (χ2v) is 7.94. The van der Waals surface area contributed by atoms with Gasteiger partial charge in [-0.1, -0.05) is 6.42 Å². The Kier molecular flexibility index (Phi) is 3.30. The Morgan fingerprint density at radius 2 is 1.73 bits per heavy atom. The van der Waals surface area contributed by atoms with Crippen LogP contribution < -0.4 is 0 Å². The highest BCUT2D eigenvalue weighted by molar-refractivity contribution is 6.70. The number of hydrogen-bond acceptors (Lipinski definition) is 2. The molecular formula is C7H16NOSi2. The molecule has 0 aliphatic carbocycles. The van der Waals surface area contributed by atoms with Crippen molar-refractivity contribution in [1.29, 1.82) is 0 Å². The summed E-state index contributed by atoms with van der Waals surface area (Å²) in [5.41, 5.74) is 0. The molecule has 63 valence electrons. The van der Waals surface area contributed by atoms with Crippen LogP contribution in [0.3, 0.4) is 0 Å². The minimum Gasteiger partial charge on any atom is -0.445 e. The van der Waals surface area contributed by atoms with E-state index < -0.39 is 8.48 Å². The number of hydrogen-bond donors (Lipinski definition) is 0. The molecule has 0 aromatic heterocycles. The fourth-order valence-electron chi connectivity index (χ4n) is 1.50. The minimum absolute atomic E-state index is 1.23. The summed E-state index contributed by atoms with van der Waals surface area (Å²) in [6, 6.07) is 0. The lowest BCUT2D eigenvalue weighted by molar-refractivity contribution is 0.305. The number of rotatable bonds is 2. The smallest absolute Gasteiger partial charge is 0.254 e. The van der Waals surface area contributed by atoms with Gasteiger partial charge in [0.15, 0.2) is 0 Å². The Hall–Kier alpha value is 0.354. The highest BCUT2D eigenvalue weighted by Gasteiger charge is 2.30. The molecule has 1 heterocycles. The van der Waals surface area contributed by atoms with Crippen LogP contribution in [0.2, 0.25) is 13.1 Å². The molecule has 0 atom stereocenters. The number of nitrogens with zero attached hydrogens (tertiary/aromatic N) is 1. The molecule has 1 aliphatic heterocycles. The van der Waals surface area contributed by atoms with Gasteiger partial charge in [0.25, 0.3) is 8.48 Å². The fraction of sp³-hybridized carbons (Fsp3) is 1.00. The molecule has 1 saturated heterocycles. The molecule has 11 heavy (non-hydrogen) atoms. The van der Waals surface area contributed by atoms with Gasteiger partial charge in [-0.25, -0.2) is 0 Å². The molecule has 3 radical (unpaired) electrons. The maximum Gasteiger partial charge on any atom is 0.254 e. The highest BCUT2D eigenvalue weighted by Crippen LogP contribution is 2.17. The molecule has 4 heteroatoms. The summed E-state index contributed by atoms with van der Waals surface area (Å²) in [6.45, 7) is 6.91. The van der Waals surface area contributed by atoms with E-state index in [1.165, 1.54) is 32.4 Å². The first kappa shape index (κ1) is 9.44. The van der Waals surface area contributed by atoms with Crippen molar-refractivity contribution < 1.29 is 4.12 Å². The van der Waals surface area contributed by atoms with Crippen molar-refractivity contribution >= 4 is 19.0 Å². The average Bonchev–Trinajstić information content (AvgIpc) is 2.06. The van der Waals surface area contributed by atoms with Gasteiger partial charge in [0, 0.05) is 0 Å². The summed E-state index contributed by atoms with van der Waals surface area (Å²) in [5, 5.41) is 0. The van der Waals surface area contributed by atoms with Crippen molar-refractivity contribution in [2.75, 3.05) is 13.1 Å². The van der Waals surface area contributed by atoms with E-state index in [1.54, 1.807) is 0 Å². The third-order valence-corrected chi connectivity index (χ3v) is 6.34. The minimum atomic E-state index is -1.53. The first-order valence-corrected chi connectivity index (χ1v) is 7.53. The molecule has 0 N–H and O–H groups in total. The van der Waals surface area contributed by atoms with Crippen molar-refractivity contribution in [3.05, 3.63) is 0 Å². The van der Waals surface area contributed by atoms with Gasteiger partial charge in [0.1, 0.15) is 0 Å². The van der Waals surface area contributed by atoms with Gasteiger partial charge < -0.3 is 8.68 Å². The second kappa shape index (κ2) is 3.84. The van der Waals surface area contributed by atoms with Crippen LogP contribution >= 0.6 is 0 Å². The van der Waals surface area contributed by atoms with Gasteiger partial charge in [-0.2, -0.15) is 0 Å². The van der Waals surface area contributed by atoms with E-state index in [2.05, 4.69) is 28.1 Å². The molecule has 0 bridgehead atoms. The first-order valence-electron chi connectivity index (χ1n) is 4.26. The zero-order valence-electron chi connectivity index (χ0n) is 7.39. The molecule has 1 rings (SSSR count). The van der Waals surface area contributed by atoms with Crippen LogP contribution in [0.15, 0.2) is 0 Å². The van der Waals surface area contributed by atoms with Crippen LogP contribution in [0.4, 0.5) is 0 Å². The molecule has 0 amide bonds. The van der Waals surface area contributed by atoms with Crippen LogP contribution in [0.5, 0.6) is 0 Å². The molecule has 1 aliphatic rings. The predicted molar refractivity (Wildman–Crippen MR) is 49.7 cm³/mol. The van der Waals surface area contributed by atoms with E-state index in [0.29, 0.717) is 0 Å². The van der Waals surface area contributed by atoms with Crippen molar-refractivity contribution in [3.63, 3.8) is 0 Å². The van der Waals surface area contributed by atoms with Gasteiger partial charge in [-0.15, -0.1) is 0 Å². The van der Waals surface area contributed by atoms with Crippen molar-refractivity contribution in [2.24, 2.45) is 0 Å². The van der Waals surface area contributed by atoms with Crippen molar-refractivity contribution in [3.8, 4) is 0 Å². The molecule has 0 unspecified atom stereocenters. The van der Waals surface area contributed by atoms with Crippen molar-refractivity contribution in [2.45, 2.75) is 32.4 Å². The Balaban J connectivity index is 2.43. The lowest BCUT2D eigenvalue weighted by atomic mass is 10.2. The lowest BCUT2D eigenvalue weighted by Crippen LogP contribution is -2.52. The maximum atomic E-state index is 5.35. The van der Waals surface area contributed by atoms with Crippen LogP contribution in [0.1, 0.15) is 19.3 Å². The fourth-order valence-corrected chi connectivity index (χ4v) is 3.41. The highest BCUT2D eigenvalue weighted by atomic mass is 28.4. The number of piperidine rings is 1. The van der Waals surface area contributed by atoms with Gasteiger partial charge in [-0.3, -0.25) is 0 Å². The SMILES string of the molecule is C[Si](C)(O[Si])N1CCCCC1. The summed E-state index contributed by atoms with van der Waals surface area (Å²) in [5.74, 6) is 0. The van der Waals surface area contributed by atoms with E-state index in [-0.39, 0.29) is 0 Å². The normalized spacial score (nSPS) is 22.1. The van der Waals surface area contributed by atoms with E-state index >= 15 is 0 Å². The average molecular weight is 186 g/mol. The van der Waals surface area contributed by atoms with Crippen LogP contribution in [0.25, 0.3) is 0 Å². The third kappa shape index (κ3) is 2.40. The Bertz CT molecular complexity index is 124. The topological polar surface area (TPSA) is 12.5 Å². The van der Waals surface area contributed by atoms with Crippen LogP contribution in [0, 0.1) is 0 Å². The summed E-state index contributed by atoms with van der Waals surface area (Å²) in [6.07, 6.45) is 4.07. The quantitative estimate of drug-likeness (QED) is 0.602. The lowest BCUT2D eigenvalue weighted by Gasteiger charge is -2.37. The Labute approximate surface area is 73.7 Å². The monoisotopic (exact) mass is 186 g/mol. The maximum absolute atomic E-state index is 5.35. The zero-order chi connectivity index (χ0) is 8.32. The molecule has 0 aromatic carbocycles. The molecule has 2 nitrogen and oxygen atoms in total. The summed E-state index contributed by atoms with van der Waals surface area (Å²) in [4.78, 5) is 0. The Morgan fingerprint density at radius 3 is 2.18 bits per heavy atom. The van der Waals surface area contributed by atoms with Crippen LogP contribution in [-0.4, -0.2) is 36.6 Å². The molecule has 0 aromatic rings. The third-order valence-electron chi connectivity index (χ3n) is 2.37. The van der Waals surface area contributed by atoms with Crippen molar-refractivity contribution in [1.82, 2.24) is 4.57 Å². The summed E-state index contributed by atoms with van der Waals surface area (Å²) >= 11 is 0. The van der Waals surface area contributed by atoms with E-state index in [4.69, 9.17) is 4.12 Å². The van der Waals surface area contributed by atoms with Gasteiger partial charge in [-0.05, 0) is 39.0 Å². The molecule has 0 spiro atoms.